The van der Waals surface area contributed by atoms with Gasteiger partial charge in [-0.25, -0.2) is 0 Å². The zero-order chi connectivity index (χ0) is 20.2. The minimum absolute atomic E-state index is 0.187. The van der Waals surface area contributed by atoms with Crippen LogP contribution in [0.25, 0.3) is 0 Å². The molecule has 1 saturated carbocycles. The Kier molecular flexibility index (Phi) is 6.53. The SMILES string of the molecule is CCCCOc1nc(N)c2c(n1)N(CCC1CCN(CC3CC3)CC1)CC(=O)C2. The molecule has 0 atom stereocenters. The van der Waals surface area contributed by atoms with Gasteiger partial charge < -0.3 is 20.3 Å². The van der Waals surface area contributed by atoms with Gasteiger partial charge in [0.05, 0.1) is 13.2 Å². The van der Waals surface area contributed by atoms with E-state index in [1.807, 2.05) is 0 Å². The fourth-order valence-electron chi connectivity index (χ4n) is 4.46. The largest absolute Gasteiger partial charge is 0.463 e. The lowest BCUT2D eigenvalue weighted by molar-refractivity contribution is -0.117. The Labute approximate surface area is 174 Å². The van der Waals surface area contributed by atoms with Gasteiger partial charge in [-0.1, -0.05) is 13.3 Å². The maximum atomic E-state index is 12.3. The molecule has 0 radical (unpaired) electrons. The van der Waals surface area contributed by atoms with Crippen molar-refractivity contribution in [1.82, 2.24) is 14.9 Å². The van der Waals surface area contributed by atoms with Crippen molar-refractivity contribution in [3.05, 3.63) is 5.56 Å². The standard InChI is InChI=1S/C22H35N5O2/c1-2-3-12-29-22-24-20(23)19-13-18(28)15-27(21(19)25-22)11-8-16-6-9-26(10-7-16)14-17-4-5-17/h16-17H,2-15H2,1H3,(H2,23,24,25). The third-order valence-corrected chi connectivity index (χ3v) is 6.49. The number of Topliss-reactive ketones (excluding diaryl/α,β-unsaturated/α-hetero) is 1. The van der Waals surface area contributed by atoms with Crippen LogP contribution in [0.4, 0.5) is 11.6 Å². The predicted molar refractivity (Wildman–Crippen MR) is 114 cm³/mol. The first-order valence-electron chi connectivity index (χ1n) is 11.4. The molecule has 160 valence electrons. The molecule has 1 saturated heterocycles. The van der Waals surface area contributed by atoms with Crippen LogP contribution >= 0.6 is 0 Å². The third kappa shape index (κ3) is 5.38. The fourth-order valence-corrected chi connectivity index (χ4v) is 4.46. The quantitative estimate of drug-likeness (QED) is 0.637. The predicted octanol–water partition coefficient (Wildman–Crippen LogP) is 2.68. The molecule has 0 aromatic carbocycles. The minimum atomic E-state index is 0.187. The number of carbonyl (C=O) groups excluding carboxylic acids is 1. The van der Waals surface area contributed by atoms with Crippen LogP contribution in [0.2, 0.25) is 0 Å². The number of unbranched alkanes of at least 4 members (excludes halogenated alkanes) is 1. The summed E-state index contributed by atoms with van der Waals surface area (Å²) in [6.45, 7) is 7.72. The van der Waals surface area contributed by atoms with E-state index in [0.29, 0.717) is 31.4 Å². The summed E-state index contributed by atoms with van der Waals surface area (Å²) < 4.78 is 5.69. The lowest BCUT2D eigenvalue weighted by Crippen LogP contribution is -2.40. The summed E-state index contributed by atoms with van der Waals surface area (Å²) >= 11 is 0. The van der Waals surface area contributed by atoms with Crippen LogP contribution in [-0.4, -0.2) is 60.0 Å². The van der Waals surface area contributed by atoms with Crippen LogP contribution in [0.1, 0.15) is 57.4 Å². The normalized spacial score (nSPS) is 20.7. The number of nitrogens with two attached hydrogens (primary N) is 1. The first-order valence-corrected chi connectivity index (χ1v) is 11.4. The number of rotatable bonds is 9. The van der Waals surface area contributed by atoms with Crippen molar-refractivity contribution in [3.63, 3.8) is 0 Å². The van der Waals surface area contributed by atoms with E-state index >= 15 is 0 Å². The second kappa shape index (κ2) is 9.28. The molecule has 3 aliphatic rings. The number of ketones is 1. The Balaban J connectivity index is 1.36. The van der Waals surface area contributed by atoms with E-state index in [1.165, 1.54) is 45.3 Å². The highest BCUT2D eigenvalue weighted by Gasteiger charge is 2.30. The number of carbonyl (C=O) groups is 1. The van der Waals surface area contributed by atoms with Crippen molar-refractivity contribution in [2.24, 2.45) is 11.8 Å². The van der Waals surface area contributed by atoms with E-state index < -0.39 is 0 Å². The smallest absolute Gasteiger partial charge is 0.320 e. The van der Waals surface area contributed by atoms with Gasteiger partial charge in [0.25, 0.3) is 0 Å². The average molecular weight is 402 g/mol. The number of nitrogens with zero attached hydrogens (tertiary/aromatic N) is 4. The molecule has 1 aromatic rings. The van der Waals surface area contributed by atoms with Crippen LogP contribution in [0.3, 0.4) is 0 Å². The first-order chi connectivity index (χ1) is 14.1. The van der Waals surface area contributed by atoms with Crippen molar-refractivity contribution in [1.29, 1.82) is 0 Å². The molecule has 2 fully saturated rings. The molecule has 0 amide bonds. The summed E-state index contributed by atoms with van der Waals surface area (Å²) in [5.41, 5.74) is 6.92. The lowest BCUT2D eigenvalue weighted by Gasteiger charge is -2.34. The fraction of sp³-hybridized carbons (Fsp3) is 0.773. The Morgan fingerprint density at radius 3 is 2.66 bits per heavy atom. The van der Waals surface area contributed by atoms with Gasteiger partial charge in [-0.15, -0.1) is 0 Å². The Morgan fingerprint density at radius 1 is 1.14 bits per heavy atom. The second-order valence-electron chi connectivity index (χ2n) is 9.01. The maximum absolute atomic E-state index is 12.3. The van der Waals surface area contributed by atoms with Crippen LogP contribution < -0.4 is 15.4 Å². The number of hydrogen-bond donors (Lipinski definition) is 1. The number of nitrogen functional groups attached to an aromatic ring is 1. The highest BCUT2D eigenvalue weighted by molar-refractivity contribution is 5.91. The molecule has 4 rings (SSSR count). The zero-order valence-electron chi connectivity index (χ0n) is 17.7. The van der Waals surface area contributed by atoms with E-state index in [2.05, 4.69) is 26.7 Å². The molecule has 7 nitrogen and oxygen atoms in total. The molecule has 29 heavy (non-hydrogen) atoms. The second-order valence-corrected chi connectivity index (χ2v) is 9.01. The van der Waals surface area contributed by atoms with E-state index in [4.69, 9.17) is 10.5 Å². The van der Waals surface area contributed by atoms with Gasteiger partial charge in [0.15, 0.2) is 5.78 Å². The van der Waals surface area contributed by atoms with Gasteiger partial charge in [0.2, 0.25) is 0 Å². The van der Waals surface area contributed by atoms with Crippen LogP contribution in [-0.2, 0) is 11.2 Å². The van der Waals surface area contributed by atoms with Crippen molar-refractivity contribution in [2.75, 3.05) is 50.0 Å². The van der Waals surface area contributed by atoms with Gasteiger partial charge in [0, 0.05) is 25.1 Å². The van der Waals surface area contributed by atoms with Gasteiger partial charge in [-0.3, -0.25) is 4.79 Å². The number of aromatic nitrogens is 2. The molecule has 7 heteroatoms. The lowest BCUT2D eigenvalue weighted by atomic mass is 9.92. The monoisotopic (exact) mass is 401 g/mol. The van der Waals surface area contributed by atoms with E-state index in [9.17, 15) is 4.79 Å². The van der Waals surface area contributed by atoms with Crippen molar-refractivity contribution >= 4 is 17.4 Å². The van der Waals surface area contributed by atoms with Crippen molar-refractivity contribution in [2.45, 2.75) is 58.3 Å². The maximum Gasteiger partial charge on any atom is 0.320 e. The van der Waals surface area contributed by atoms with Crippen LogP contribution in [0, 0.1) is 11.8 Å². The van der Waals surface area contributed by atoms with E-state index in [1.54, 1.807) is 0 Å². The molecular formula is C22H35N5O2. The number of piperidine rings is 1. The van der Waals surface area contributed by atoms with Crippen molar-refractivity contribution < 1.29 is 9.53 Å². The Morgan fingerprint density at radius 2 is 1.93 bits per heavy atom. The highest BCUT2D eigenvalue weighted by atomic mass is 16.5. The summed E-state index contributed by atoms with van der Waals surface area (Å²) in [5.74, 6) is 3.07. The van der Waals surface area contributed by atoms with Gasteiger partial charge in [-0.2, -0.15) is 9.97 Å². The van der Waals surface area contributed by atoms with Crippen molar-refractivity contribution in [3.8, 4) is 6.01 Å². The topological polar surface area (TPSA) is 84.6 Å². The summed E-state index contributed by atoms with van der Waals surface area (Å²) in [6, 6.07) is 0.336. The molecule has 1 aromatic heterocycles. The minimum Gasteiger partial charge on any atom is -0.463 e. The molecule has 1 aliphatic carbocycles. The van der Waals surface area contributed by atoms with Gasteiger partial charge in [-0.05, 0) is 63.5 Å². The summed E-state index contributed by atoms with van der Waals surface area (Å²) in [4.78, 5) is 25.9. The summed E-state index contributed by atoms with van der Waals surface area (Å²) in [6.07, 6.45) is 8.82. The van der Waals surface area contributed by atoms with E-state index in [-0.39, 0.29) is 5.78 Å². The Hall–Kier alpha value is -1.89. The van der Waals surface area contributed by atoms with Crippen LogP contribution in [0.5, 0.6) is 6.01 Å². The van der Waals surface area contributed by atoms with Gasteiger partial charge in [0.1, 0.15) is 11.6 Å². The third-order valence-electron chi connectivity index (χ3n) is 6.49. The number of anilines is 2. The molecule has 0 unspecified atom stereocenters. The van der Waals surface area contributed by atoms with Gasteiger partial charge >= 0.3 is 6.01 Å². The molecular weight excluding hydrogens is 366 g/mol. The van der Waals surface area contributed by atoms with Crippen LogP contribution in [0.15, 0.2) is 0 Å². The number of fused-ring (bicyclic) bond motifs is 1. The number of ether oxygens (including phenoxy) is 1. The average Bonchev–Trinajstić information content (AvgIpc) is 3.52. The summed E-state index contributed by atoms with van der Waals surface area (Å²) in [5, 5.41) is 0. The highest BCUT2D eigenvalue weighted by Crippen LogP contribution is 2.33. The molecule has 2 aliphatic heterocycles. The molecule has 3 heterocycles. The zero-order valence-corrected chi connectivity index (χ0v) is 17.7. The summed E-state index contributed by atoms with van der Waals surface area (Å²) in [7, 11) is 0. The first kappa shape index (κ1) is 20.4. The number of hydrogen-bond acceptors (Lipinski definition) is 7. The Bertz CT molecular complexity index is 713. The molecule has 0 bridgehead atoms. The number of likely N-dealkylation sites (tertiary alicyclic amines) is 1. The molecule has 0 spiro atoms. The molecule has 2 N–H and O–H groups in total. The van der Waals surface area contributed by atoms with E-state index in [0.717, 1.165) is 49.0 Å².